The Kier molecular flexibility index (Phi) is 9.35. The van der Waals surface area contributed by atoms with Crippen molar-refractivity contribution >= 4 is 34.8 Å². The summed E-state index contributed by atoms with van der Waals surface area (Å²) >= 11 is 5.17. The topological polar surface area (TPSA) is 75.1 Å². The van der Waals surface area contributed by atoms with Crippen LogP contribution < -0.4 is 10.6 Å². The van der Waals surface area contributed by atoms with E-state index in [-0.39, 0.29) is 17.9 Å². The maximum atomic E-state index is 11.8. The molecule has 1 atom stereocenters. The lowest BCUT2D eigenvalue weighted by atomic mass is 9.96. The number of amidine groups is 1. The number of nitrogens with one attached hydrogen (secondary N) is 2. The van der Waals surface area contributed by atoms with Crippen molar-refractivity contribution in [3.05, 3.63) is 24.3 Å². The molecule has 1 unspecified atom stereocenters. The Morgan fingerprint density at radius 2 is 2.19 bits per heavy atom. The molecule has 2 aliphatic rings. The quantitative estimate of drug-likeness (QED) is 0.420. The maximum Gasteiger partial charge on any atom is 0.219 e. The lowest BCUT2D eigenvalue weighted by Gasteiger charge is -2.24. The van der Waals surface area contributed by atoms with E-state index in [0.717, 1.165) is 43.8 Å². The minimum absolute atomic E-state index is 0.0761. The fourth-order valence-electron chi connectivity index (χ4n) is 2.82. The smallest absolute Gasteiger partial charge is 0.219 e. The van der Waals surface area contributed by atoms with Crippen molar-refractivity contribution < 1.29 is 9.53 Å². The molecule has 6 nitrogen and oxygen atoms in total. The van der Waals surface area contributed by atoms with Gasteiger partial charge in [0.2, 0.25) is 5.91 Å². The van der Waals surface area contributed by atoms with Crippen LogP contribution in [0.1, 0.15) is 46.0 Å². The average molecular weight is 391 g/mol. The molecule has 0 saturated carbocycles. The summed E-state index contributed by atoms with van der Waals surface area (Å²) < 4.78 is 5.45. The number of unbranched alkanes of at least 4 members (excludes halogenated alkanes) is 2. The third-order valence-corrected chi connectivity index (χ3v) is 4.39. The third-order valence-electron chi connectivity index (χ3n) is 4.20. The minimum atomic E-state index is 0.0761. The van der Waals surface area contributed by atoms with Gasteiger partial charge >= 0.3 is 0 Å². The molecule has 148 valence electrons. The Bertz CT molecular complexity index is 638. The van der Waals surface area contributed by atoms with Gasteiger partial charge in [-0.05, 0) is 51.4 Å². The van der Waals surface area contributed by atoms with Gasteiger partial charge in [-0.2, -0.15) is 0 Å². The van der Waals surface area contributed by atoms with E-state index in [1.807, 2.05) is 32.1 Å². The van der Waals surface area contributed by atoms with Gasteiger partial charge in [-0.1, -0.05) is 24.6 Å². The lowest BCUT2D eigenvalue weighted by molar-refractivity contribution is -0.121. The number of aliphatic imine (C=N–C) groups is 2. The summed E-state index contributed by atoms with van der Waals surface area (Å²) in [6.07, 6.45) is 12.5. The number of carbonyl (C=O) groups excluding carboxylic acids is 1. The van der Waals surface area contributed by atoms with Gasteiger partial charge in [-0.25, -0.2) is 4.99 Å². The summed E-state index contributed by atoms with van der Waals surface area (Å²) in [6.45, 7) is 6.11. The molecule has 1 aliphatic heterocycles. The molecule has 2 N–H and O–H groups in total. The van der Waals surface area contributed by atoms with Crippen molar-refractivity contribution in [2.75, 3.05) is 19.7 Å². The van der Waals surface area contributed by atoms with Crippen molar-refractivity contribution in [2.24, 2.45) is 15.9 Å². The molecule has 0 bridgehead atoms. The van der Waals surface area contributed by atoms with Crippen LogP contribution in [0.5, 0.6) is 0 Å². The minimum Gasteiger partial charge on any atom is -0.379 e. The molecule has 27 heavy (non-hydrogen) atoms. The monoisotopic (exact) mass is 390 g/mol. The van der Waals surface area contributed by atoms with E-state index in [2.05, 4.69) is 26.7 Å². The van der Waals surface area contributed by atoms with Crippen LogP contribution in [0.15, 0.2) is 34.3 Å². The number of rotatable bonds is 11. The van der Waals surface area contributed by atoms with Gasteiger partial charge in [-0.3, -0.25) is 9.79 Å². The van der Waals surface area contributed by atoms with Gasteiger partial charge in [0.1, 0.15) is 5.84 Å². The largest absolute Gasteiger partial charge is 0.379 e. The Labute approximate surface area is 167 Å². The number of amides is 1. The summed E-state index contributed by atoms with van der Waals surface area (Å²) in [5, 5.41) is 6.50. The van der Waals surface area contributed by atoms with E-state index in [4.69, 9.17) is 17.0 Å². The molecular weight excluding hydrogens is 360 g/mol. The highest BCUT2D eigenvalue weighted by atomic mass is 32.1. The van der Waals surface area contributed by atoms with E-state index in [1.165, 1.54) is 0 Å². The van der Waals surface area contributed by atoms with Gasteiger partial charge in [0, 0.05) is 26.1 Å². The Balaban J connectivity index is 1.56. The number of ether oxygens (including phenoxy) is 1. The highest BCUT2D eigenvalue weighted by Gasteiger charge is 2.24. The van der Waals surface area contributed by atoms with E-state index < -0.39 is 0 Å². The number of fused-ring (bicyclic) bond motifs is 1. The van der Waals surface area contributed by atoms with Crippen molar-refractivity contribution in [3.8, 4) is 0 Å². The predicted octanol–water partition coefficient (Wildman–Crippen LogP) is 2.95. The molecule has 0 saturated heterocycles. The fourth-order valence-corrected chi connectivity index (χ4v) is 3.03. The first-order valence-electron chi connectivity index (χ1n) is 9.73. The zero-order valence-corrected chi connectivity index (χ0v) is 17.1. The normalized spacial score (nSPS) is 19.8. The van der Waals surface area contributed by atoms with Crippen molar-refractivity contribution in [1.29, 1.82) is 0 Å². The molecule has 2 rings (SSSR count). The van der Waals surface area contributed by atoms with E-state index in [9.17, 15) is 4.79 Å². The number of thiocarbonyl (C=S) groups is 1. The van der Waals surface area contributed by atoms with Gasteiger partial charge < -0.3 is 15.4 Å². The van der Waals surface area contributed by atoms with Crippen LogP contribution >= 0.6 is 12.2 Å². The van der Waals surface area contributed by atoms with Crippen LogP contribution in [0.3, 0.4) is 0 Å². The Morgan fingerprint density at radius 1 is 1.33 bits per heavy atom. The number of allylic oxidation sites excluding steroid dienone is 3. The maximum absolute atomic E-state index is 11.8. The summed E-state index contributed by atoms with van der Waals surface area (Å²) in [6, 6.07) is 0. The van der Waals surface area contributed by atoms with Crippen molar-refractivity contribution in [2.45, 2.75) is 52.1 Å². The van der Waals surface area contributed by atoms with Crippen LogP contribution in [0.4, 0.5) is 0 Å². The Hall–Kier alpha value is -1.86. The van der Waals surface area contributed by atoms with E-state index in [1.54, 1.807) is 0 Å². The highest BCUT2D eigenvalue weighted by molar-refractivity contribution is 7.80. The highest BCUT2D eigenvalue weighted by Crippen LogP contribution is 2.15. The molecule has 0 aromatic rings. The first kappa shape index (κ1) is 21.4. The molecule has 0 fully saturated rings. The molecule has 1 amide bonds. The molecule has 1 aliphatic carbocycles. The molecule has 0 aromatic carbocycles. The average Bonchev–Trinajstić information content (AvgIpc) is 2.63. The second-order valence-electron chi connectivity index (χ2n) is 6.89. The molecule has 0 radical (unpaired) electrons. The standard InChI is InChI=1S/C20H30N4O2S/c1-15(2)26-14-8-13-21-18(25)11-4-3-7-12-22-19-16-9-5-6-10-17(16)23-20(27)24-19/h5-6,9-10,15-16H,3-4,7-8,11-14H2,1-2H3,(H,21,25)(H,22,24,27). The number of hydrogen-bond donors (Lipinski definition) is 2. The molecule has 1 heterocycles. The first-order valence-corrected chi connectivity index (χ1v) is 10.1. The Morgan fingerprint density at radius 3 is 3.00 bits per heavy atom. The summed E-state index contributed by atoms with van der Waals surface area (Å²) in [7, 11) is 0. The summed E-state index contributed by atoms with van der Waals surface area (Å²) in [5.74, 6) is 1.06. The second kappa shape index (κ2) is 11.8. The van der Waals surface area contributed by atoms with E-state index in [0.29, 0.717) is 24.7 Å². The molecular formula is C20H30N4O2S. The van der Waals surface area contributed by atoms with Gasteiger partial charge in [0.15, 0.2) is 5.11 Å². The second-order valence-corrected chi connectivity index (χ2v) is 7.28. The zero-order valence-electron chi connectivity index (χ0n) is 16.2. The van der Waals surface area contributed by atoms with Crippen LogP contribution in [-0.4, -0.2) is 48.4 Å². The number of nitrogens with zero attached hydrogens (tertiary/aromatic N) is 2. The first-order chi connectivity index (χ1) is 13.1. The van der Waals surface area contributed by atoms with Crippen LogP contribution in [0.25, 0.3) is 0 Å². The summed E-state index contributed by atoms with van der Waals surface area (Å²) in [4.78, 5) is 20.8. The van der Waals surface area contributed by atoms with Crippen LogP contribution in [0.2, 0.25) is 0 Å². The van der Waals surface area contributed by atoms with Crippen molar-refractivity contribution in [3.63, 3.8) is 0 Å². The van der Waals surface area contributed by atoms with Gasteiger partial charge in [-0.15, -0.1) is 0 Å². The SMILES string of the molecule is CC(C)OCCCNC(=O)CCCCCN=C1NC(=S)N=C2C=CC=CC21. The number of hydrogen-bond acceptors (Lipinski definition) is 4. The van der Waals surface area contributed by atoms with Crippen molar-refractivity contribution in [1.82, 2.24) is 10.6 Å². The molecule has 7 heteroatoms. The summed E-state index contributed by atoms with van der Waals surface area (Å²) in [5.41, 5.74) is 0.940. The van der Waals surface area contributed by atoms with Crippen LogP contribution in [0, 0.1) is 5.92 Å². The number of carbonyl (C=O) groups is 1. The molecule has 0 aromatic heterocycles. The lowest BCUT2D eigenvalue weighted by Crippen LogP contribution is -2.42. The van der Waals surface area contributed by atoms with Crippen LogP contribution in [-0.2, 0) is 9.53 Å². The third kappa shape index (κ3) is 8.13. The van der Waals surface area contributed by atoms with Gasteiger partial charge in [0.05, 0.1) is 17.7 Å². The van der Waals surface area contributed by atoms with E-state index >= 15 is 0 Å². The van der Waals surface area contributed by atoms with Gasteiger partial charge in [0.25, 0.3) is 0 Å². The zero-order chi connectivity index (χ0) is 19.5. The fraction of sp³-hybridized carbons (Fsp3) is 0.600. The predicted molar refractivity (Wildman–Crippen MR) is 114 cm³/mol. The molecule has 0 spiro atoms.